The van der Waals surface area contributed by atoms with E-state index in [-0.39, 0.29) is 17.2 Å². The van der Waals surface area contributed by atoms with E-state index in [0.717, 1.165) is 0 Å². The first-order valence-electron chi connectivity index (χ1n) is 6.64. The molecule has 5 nitrogen and oxygen atoms in total. The molecule has 0 atom stereocenters. The summed E-state index contributed by atoms with van der Waals surface area (Å²) in [5.74, 6) is -0.774. The van der Waals surface area contributed by atoms with Crippen LogP contribution in [0.3, 0.4) is 0 Å². The Hall–Kier alpha value is -2.89. The van der Waals surface area contributed by atoms with Gasteiger partial charge in [0.25, 0.3) is 5.56 Å². The molecule has 110 valence electrons. The van der Waals surface area contributed by atoms with Crippen molar-refractivity contribution in [2.45, 2.75) is 13.8 Å². The van der Waals surface area contributed by atoms with Crippen LogP contribution in [0.4, 0.5) is 10.1 Å². The minimum Gasteiger partial charge on any atom is -0.316 e. The third-order valence-electron chi connectivity index (χ3n) is 3.35. The van der Waals surface area contributed by atoms with Gasteiger partial charge in [-0.3, -0.25) is 9.59 Å². The van der Waals surface area contributed by atoms with Gasteiger partial charge >= 0.3 is 0 Å². The number of aryl methyl sites for hydroxylation is 1. The van der Waals surface area contributed by atoms with Gasteiger partial charge in [-0.2, -0.15) is 0 Å². The molecule has 22 heavy (non-hydrogen) atoms. The lowest BCUT2D eigenvalue weighted by atomic mass is 9.97. The number of aromatic amines is 1. The second kappa shape index (κ2) is 5.14. The summed E-state index contributed by atoms with van der Waals surface area (Å²) in [5.41, 5.74) is 1.76. The van der Waals surface area contributed by atoms with E-state index in [2.05, 4.69) is 15.0 Å². The molecule has 0 saturated carbocycles. The average Bonchev–Trinajstić information content (AvgIpc) is 2.48. The van der Waals surface area contributed by atoms with E-state index in [1.807, 2.05) is 0 Å². The number of Topliss-reactive ketones (excluding diaryl/α,β-unsaturated/α-hetero) is 1. The van der Waals surface area contributed by atoms with Crippen molar-refractivity contribution in [1.29, 1.82) is 0 Å². The number of hydrogen-bond donors (Lipinski definition) is 1. The molecule has 0 amide bonds. The summed E-state index contributed by atoms with van der Waals surface area (Å²) in [6.45, 7) is 3.32. The molecule has 2 aromatic rings. The molecule has 1 heterocycles. The summed E-state index contributed by atoms with van der Waals surface area (Å²) in [6, 6.07) is 5.50. The van der Waals surface area contributed by atoms with Crippen molar-refractivity contribution >= 4 is 23.3 Å². The van der Waals surface area contributed by atoms with E-state index in [0.29, 0.717) is 22.6 Å². The average molecular weight is 297 g/mol. The molecule has 0 radical (unpaired) electrons. The highest BCUT2D eigenvalue weighted by atomic mass is 19.1. The first kappa shape index (κ1) is 14.1. The Morgan fingerprint density at radius 3 is 2.50 bits per heavy atom. The Kier molecular flexibility index (Phi) is 3.29. The number of allylic oxidation sites excluding steroid dienone is 1. The smallest absolute Gasteiger partial charge is 0.269 e. The molecule has 1 aliphatic rings. The van der Waals surface area contributed by atoms with Gasteiger partial charge < -0.3 is 4.98 Å². The van der Waals surface area contributed by atoms with Crippen LogP contribution in [0, 0.1) is 12.7 Å². The lowest BCUT2D eigenvalue weighted by molar-refractivity contribution is 0.106. The zero-order chi connectivity index (χ0) is 15.9. The van der Waals surface area contributed by atoms with E-state index >= 15 is 0 Å². The fraction of sp³-hybridized carbons (Fsp3) is 0.125. The molecule has 0 aliphatic heterocycles. The highest BCUT2D eigenvalue weighted by Crippen LogP contribution is 2.22. The highest BCUT2D eigenvalue weighted by molar-refractivity contribution is 6.53. The van der Waals surface area contributed by atoms with E-state index in [1.165, 1.54) is 24.3 Å². The number of fused-ring (bicyclic) bond motifs is 1. The normalized spacial score (nSPS) is 15.7. The summed E-state index contributed by atoms with van der Waals surface area (Å²) in [6.07, 6.45) is 1.70. The van der Waals surface area contributed by atoms with Crippen LogP contribution in [0.5, 0.6) is 0 Å². The Balaban J connectivity index is 2.12. The zero-order valence-corrected chi connectivity index (χ0v) is 12.0. The second-order valence-electron chi connectivity index (χ2n) is 5.00. The van der Waals surface area contributed by atoms with Gasteiger partial charge in [-0.05, 0) is 49.8 Å². The van der Waals surface area contributed by atoms with Crippen LogP contribution >= 0.6 is 0 Å². The fourth-order valence-electron chi connectivity index (χ4n) is 2.19. The molecule has 0 saturated heterocycles. The zero-order valence-electron chi connectivity index (χ0n) is 12.0. The molecular formula is C16H12FN3O2. The number of aromatic nitrogens is 2. The molecule has 0 spiro atoms. The van der Waals surface area contributed by atoms with Crippen LogP contribution in [-0.2, 0) is 0 Å². The monoisotopic (exact) mass is 297 g/mol. The van der Waals surface area contributed by atoms with Gasteiger partial charge in [0.15, 0.2) is 0 Å². The second-order valence-corrected chi connectivity index (χ2v) is 5.00. The lowest BCUT2D eigenvalue weighted by Gasteiger charge is -2.14. The molecule has 1 N–H and O–H groups in total. The molecule has 3 rings (SSSR count). The number of halogens is 1. The summed E-state index contributed by atoms with van der Waals surface area (Å²) >= 11 is 0. The molecule has 1 aromatic heterocycles. The number of ketones is 1. The van der Waals surface area contributed by atoms with Gasteiger partial charge in [0.1, 0.15) is 22.9 Å². The SMILES string of the molecule is CC1=Cc2nc(C)c(=O)[nH]c2C(=O)C1=Nc1ccc(F)cc1. The van der Waals surface area contributed by atoms with E-state index in [9.17, 15) is 14.0 Å². The van der Waals surface area contributed by atoms with Gasteiger partial charge in [0.2, 0.25) is 5.78 Å². The van der Waals surface area contributed by atoms with Gasteiger partial charge in [-0.1, -0.05) is 0 Å². The Morgan fingerprint density at radius 1 is 1.14 bits per heavy atom. The highest BCUT2D eigenvalue weighted by Gasteiger charge is 2.26. The van der Waals surface area contributed by atoms with Crippen LogP contribution in [0.2, 0.25) is 0 Å². The quantitative estimate of drug-likeness (QED) is 0.879. The largest absolute Gasteiger partial charge is 0.316 e. The van der Waals surface area contributed by atoms with Crippen LogP contribution in [0.25, 0.3) is 6.08 Å². The van der Waals surface area contributed by atoms with E-state index in [1.54, 1.807) is 19.9 Å². The van der Waals surface area contributed by atoms with Crippen LogP contribution in [-0.4, -0.2) is 21.5 Å². The molecule has 6 heteroatoms. The number of aliphatic imine (C=N–C) groups is 1. The number of nitrogens with zero attached hydrogens (tertiary/aromatic N) is 2. The molecular weight excluding hydrogens is 285 g/mol. The standard InChI is InChI=1S/C16H12FN3O2/c1-8-7-12-14(20-16(22)9(2)18-12)15(21)13(8)19-11-5-3-10(17)4-6-11/h3-7H,1-2H3,(H,20,22). The first-order valence-corrected chi connectivity index (χ1v) is 6.64. The van der Waals surface area contributed by atoms with Crippen molar-refractivity contribution < 1.29 is 9.18 Å². The third kappa shape index (κ3) is 2.39. The van der Waals surface area contributed by atoms with Gasteiger partial charge in [-0.15, -0.1) is 0 Å². The summed E-state index contributed by atoms with van der Waals surface area (Å²) in [5, 5.41) is 0. The molecule has 0 bridgehead atoms. The van der Waals surface area contributed by atoms with Crippen LogP contribution in [0.15, 0.2) is 39.6 Å². The number of carbonyl (C=O) groups is 1. The Morgan fingerprint density at radius 2 is 1.82 bits per heavy atom. The number of nitrogens with one attached hydrogen (secondary N) is 1. The van der Waals surface area contributed by atoms with Crippen molar-refractivity contribution in [3.8, 4) is 0 Å². The molecule has 1 aliphatic carbocycles. The third-order valence-corrected chi connectivity index (χ3v) is 3.35. The van der Waals surface area contributed by atoms with Gasteiger partial charge in [-0.25, -0.2) is 14.4 Å². The Labute approximate surface area is 125 Å². The summed E-state index contributed by atoms with van der Waals surface area (Å²) in [7, 11) is 0. The molecule has 0 fully saturated rings. The summed E-state index contributed by atoms with van der Waals surface area (Å²) in [4.78, 5) is 35.1. The Bertz CT molecular complexity index is 893. The maximum Gasteiger partial charge on any atom is 0.269 e. The van der Waals surface area contributed by atoms with Gasteiger partial charge in [0, 0.05) is 0 Å². The van der Waals surface area contributed by atoms with Crippen molar-refractivity contribution in [2.24, 2.45) is 4.99 Å². The fourth-order valence-corrected chi connectivity index (χ4v) is 2.19. The first-order chi connectivity index (χ1) is 10.5. The van der Waals surface area contributed by atoms with Crippen LogP contribution < -0.4 is 5.56 Å². The predicted octanol–water partition coefficient (Wildman–Crippen LogP) is 2.59. The van der Waals surface area contributed by atoms with E-state index < -0.39 is 11.3 Å². The molecule has 0 unspecified atom stereocenters. The number of hydrogen-bond acceptors (Lipinski definition) is 4. The van der Waals surface area contributed by atoms with Gasteiger partial charge in [0.05, 0.1) is 11.4 Å². The van der Waals surface area contributed by atoms with Crippen molar-refractivity contribution in [1.82, 2.24) is 9.97 Å². The predicted molar refractivity (Wildman–Crippen MR) is 81.1 cm³/mol. The van der Waals surface area contributed by atoms with Crippen molar-refractivity contribution in [2.75, 3.05) is 0 Å². The number of rotatable bonds is 1. The number of H-pyrrole nitrogens is 1. The number of benzene rings is 1. The number of carbonyl (C=O) groups excluding carboxylic acids is 1. The molecule has 1 aromatic carbocycles. The lowest BCUT2D eigenvalue weighted by Crippen LogP contribution is -2.27. The topological polar surface area (TPSA) is 75.2 Å². The minimum atomic E-state index is -0.402. The minimum absolute atomic E-state index is 0.127. The summed E-state index contributed by atoms with van der Waals surface area (Å²) < 4.78 is 12.9. The maximum atomic E-state index is 12.9. The van der Waals surface area contributed by atoms with Crippen LogP contribution in [0.1, 0.15) is 28.8 Å². The van der Waals surface area contributed by atoms with Crippen molar-refractivity contribution in [3.05, 3.63) is 63.1 Å². The maximum absolute atomic E-state index is 12.9. The van der Waals surface area contributed by atoms with E-state index in [4.69, 9.17) is 0 Å². The van der Waals surface area contributed by atoms with Crippen molar-refractivity contribution in [3.63, 3.8) is 0 Å².